The van der Waals surface area contributed by atoms with Crippen molar-refractivity contribution in [3.8, 4) is 0 Å². The minimum absolute atomic E-state index is 0.00859. The highest BCUT2D eigenvalue weighted by molar-refractivity contribution is 7.88. The predicted octanol–water partition coefficient (Wildman–Crippen LogP) is 0.505. The van der Waals surface area contributed by atoms with Crippen LogP contribution in [-0.4, -0.2) is 39.9 Å². The number of hydrogen-bond donors (Lipinski definition) is 2. The first-order valence-electron chi connectivity index (χ1n) is 5.84. The van der Waals surface area contributed by atoms with Crippen molar-refractivity contribution in [3.05, 3.63) is 35.9 Å². The number of aliphatic hydroxyl groups is 1. The SMILES string of the molecule is O=S(=O)(Cc1ccccc1)NCCCOCCO. The fourth-order valence-electron chi connectivity index (χ4n) is 1.41. The van der Waals surface area contributed by atoms with Crippen LogP contribution in [0.2, 0.25) is 0 Å². The van der Waals surface area contributed by atoms with Crippen LogP contribution in [0.25, 0.3) is 0 Å². The number of ether oxygens (including phenoxy) is 1. The molecule has 1 aromatic carbocycles. The largest absolute Gasteiger partial charge is 0.394 e. The molecule has 0 heterocycles. The molecule has 0 saturated carbocycles. The third kappa shape index (κ3) is 6.70. The Kier molecular flexibility index (Phi) is 6.89. The molecule has 1 rings (SSSR count). The molecule has 0 unspecified atom stereocenters. The van der Waals surface area contributed by atoms with Crippen LogP contribution < -0.4 is 4.72 Å². The molecular weight excluding hydrogens is 254 g/mol. The Morgan fingerprint density at radius 1 is 1.17 bits per heavy atom. The van der Waals surface area contributed by atoms with Crippen LogP contribution in [0.1, 0.15) is 12.0 Å². The van der Waals surface area contributed by atoms with Crippen molar-refractivity contribution in [2.24, 2.45) is 0 Å². The van der Waals surface area contributed by atoms with E-state index in [-0.39, 0.29) is 19.0 Å². The quantitative estimate of drug-likeness (QED) is 0.643. The third-order valence-corrected chi connectivity index (χ3v) is 3.58. The minimum Gasteiger partial charge on any atom is -0.394 e. The van der Waals surface area contributed by atoms with Gasteiger partial charge < -0.3 is 9.84 Å². The lowest BCUT2D eigenvalue weighted by Gasteiger charge is -2.07. The van der Waals surface area contributed by atoms with E-state index >= 15 is 0 Å². The Hall–Kier alpha value is -0.950. The fourth-order valence-corrected chi connectivity index (χ4v) is 2.60. The summed E-state index contributed by atoms with van der Waals surface area (Å²) < 4.78 is 30.9. The van der Waals surface area contributed by atoms with E-state index in [2.05, 4.69) is 4.72 Å². The van der Waals surface area contributed by atoms with Gasteiger partial charge in [0.1, 0.15) is 0 Å². The summed E-state index contributed by atoms with van der Waals surface area (Å²) in [7, 11) is -3.28. The molecule has 0 bridgehead atoms. The van der Waals surface area contributed by atoms with Crippen molar-refractivity contribution in [2.45, 2.75) is 12.2 Å². The zero-order valence-corrected chi connectivity index (χ0v) is 11.0. The van der Waals surface area contributed by atoms with Crippen LogP contribution in [0.5, 0.6) is 0 Å². The topological polar surface area (TPSA) is 75.6 Å². The van der Waals surface area contributed by atoms with Gasteiger partial charge in [-0.15, -0.1) is 0 Å². The van der Waals surface area contributed by atoms with Gasteiger partial charge in [0.05, 0.1) is 19.0 Å². The highest BCUT2D eigenvalue weighted by Gasteiger charge is 2.09. The summed E-state index contributed by atoms with van der Waals surface area (Å²) in [5.74, 6) is -0.00859. The van der Waals surface area contributed by atoms with Crippen molar-refractivity contribution in [1.29, 1.82) is 0 Å². The normalized spacial score (nSPS) is 11.6. The average molecular weight is 273 g/mol. The summed E-state index contributed by atoms with van der Waals surface area (Å²) >= 11 is 0. The second-order valence-electron chi connectivity index (χ2n) is 3.83. The van der Waals surface area contributed by atoms with Gasteiger partial charge in [-0.25, -0.2) is 13.1 Å². The van der Waals surface area contributed by atoms with Crippen molar-refractivity contribution in [2.75, 3.05) is 26.4 Å². The molecule has 102 valence electrons. The fraction of sp³-hybridized carbons (Fsp3) is 0.500. The molecular formula is C12H19NO4S. The highest BCUT2D eigenvalue weighted by Crippen LogP contribution is 2.03. The molecule has 0 spiro atoms. The predicted molar refractivity (Wildman–Crippen MR) is 69.6 cm³/mol. The summed E-state index contributed by atoms with van der Waals surface area (Å²) in [6, 6.07) is 9.04. The molecule has 0 aliphatic carbocycles. The van der Waals surface area contributed by atoms with Crippen LogP contribution in [0.4, 0.5) is 0 Å². The summed E-state index contributed by atoms with van der Waals surface area (Å²) in [5, 5.41) is 8.48. The Morgan fingerprint density at radius 3 is 2.56 bits per heavy atom. The molecule has 2 N–H and O–H groups in total. The van der Waals surface area contributed by atoms with Crippen molar-refractivity contribution in [3.63, 3.8) is 0 Å². The number of benzene rings is 1. The lowest BCUT2D eigenvalue weighted by atomic mass is 10.2. The van der Waals surface area contributed by atoms with Crippen molar-refractivity contribution < 1.29 is 18.3 Å². The maximum absolute atomic E-state index is 11.7. The molecule has 0 amide bonds. The van der Waals surface area contributed by atoms with Gasteiger partial charge >= 0.3 is 0 Å². The van der Waals surface area contributed by atoms with E-state index < -0.39 is 10.0 Å². The maximum Gasteiger partial charge on any atom is 0.215 e. The molecule has 1 aromatic rings. The smallest absolute Gasteiger partial charge is 0.215 e. The molecule has 0 fully saturated rings. The van der Waals surface area contributed by atoms with Crippen LogP contribution in [-0.2, 0) is 20.5 Å². The first-order chi connectivity index (χ1) is 8.64. The Balaban J connectivity index is 2.24. The molecule has 0 radical (unpaired) electrons. The first-order valence-corrected chi connectivity index (χ1v) is 7.49. The van der Waals surface area contributed by atoms with Gasteiger partial charge in [-0.2, -0.15) is 0 Å². The van der Waals surface area contributed by atoms with Gasteiger partial charge in [0.25, 0.3) is 0 Å². The van der Waals surface area contributed by atoms with E-state index in [9.17, 15) is 8.42 Å². The molecule has 0 aromatic heterocycles. The van der Waals surface area contributed by atoms with E-state index in [4.69, 9.17) is 9.84 Å². The molecule has 0 aliphatic rings. The second-order valence-corrected chi connectivity index (χ2v) is 5.64. The van der Waals surface area contributed by atoms with Gasteiger partial charge in [-0.05, 0) is 12.0 Å². The molecule has 18 heavy (non-hydrogen) atoms. The van der Waals surface area contributed by atoms with Crippen molar-refractivity contribution in [1.82, 2.24) is 4.72 Å². The summed E-state index contributed by atoms with van der Waals surface area (Å²) in [6.45, 7) is 1.06. The number of nitrogens with one attached hydrogen (secondary N) is 1. The van der Waals surface area contributed by atoms with Gasteiger partial charge in [0.15, 0.2) is 0 Å². The summed E-state index contributed by atoms with van der Waals surface area (Å²) in [4.78, 5) is 0. The van der Waals surface area contributed by atoms with Crippen LogP contribution >= 0.6 is 0 Å². The van der Waals surface area contributed by atoms with E-state index in [1.54, 1.807) is 12.1 Å². The second kappa shape index (κ2) is 8.20. The molecule has 5 nitrogen and oxygen atoms in total. The zero-order valence-electron chi connectivity index (χ0n) is 10.2. The van der Waals surface area contributed by atoms with Crippen molar-refractivity contribution >= 4 is 10.0 Å². The Bertz CT molecular complexity index is 419. The average Bonchev–Trinajstić information content (AvgIpc) is 2.34. The number of sulfonamides is 1. The molecule has 0 aliphatic heterocycles. The summed E-state index contributed by atoms with van der Waals surface area (Å²) in [5.41, 5.74) is 0.765. The van der Waals surface area contributed by atoms with Gasteiger partial charge in [-0.1, -0.05) is 30.3 Å². The molecule has 0 atom stereocenters. The van der Waals surface area contributed by atoms with E-state index in [0.717, 1.165) is 5.56 Å². The lowest BCUT2D eigenvalue weighted by molar-refractivity contribution is 0.0913. The van der Waals surface area contributed by atoms with E-state index in [1.807, 2.05) is 18.2 Å². The number of aliphatic hydroxyl groups excluding tert-OH is 1. The number of hydrogen-bond acceptors (Lipinski definition) is 4. The lowest BCUT2D eigenvalue weighted by Crippen LogP contribution is -2.27. The van der Waals surface area contributed by atoms with Crippen LogP contribution in [0.3, 0.4) is 0 Å². The van der Waals surface area contributed by atoms with Crippen LogP contribution in [0.15, 0.2) is 30.3 Å². The first kappa shape index (κ1) is 15.1. The van der Waals surface area contributed by atoms with Gasteiger partial charge in [0.2, 0.25) is 10.0 Å². The van der Waals surface area contributed by atoms with Gasteiger partial charge in [-0.3, -0.25) is 0 Å². The molecule has 0 saturated heterocycles. The highest BCUT2D eigenvalue weighted by atomic mass is 32.2. The number of rotatable bonds is 9. The minimum atomic E-state index is -3.28. The van der Waals surface area contributed by atoms with Crippen LogP contribution in [0, 0.1) is 0 Å². The summed E-state index contributed by atoms with van der Waals surface area (Å²) in [6.07, 6.45) is 0.591. The Labute approximate surface area is 108 Å². The standard InChI is InChI=1S/C12H19NO4S/c14-8-10-17-9-4-7-13-18(15,16)11-12-5-2-1-3-6-12/h1-3,5-6,13-14H,4,7-11H2. The monoisotopic (exact) mass is 273 g/mol. The van der Waals surface area contributed by atoms with E-state index in [1.165, 1.54) is 0 Å². The van der Waals surface area contributed by atoms with Gasteiger partial charge in [0, 0.05) is 13.2 Å². The third-order valence-electron chi connectivity index (χ3n) is 2.22. The van der Waals surface area contributed by atoms with E-state index in [0.29, 0.717) is 19.6 Å². The Morgan fingerprint density at radius 2 is 1.89 bits per heavy atom. The maximum atomic E-state index is 11.7. The molecule has 6 heteroatoms. The zero-order chi connectivity index (χ0) is 13.3.